The summed E-state index contributed by atoms with van der Waals surface area (Å²) in [7, 11) is 0. The van der Waals surface area contributed by atoms with Crippen molar-refractivity contribution in [3.05, 3.63) is 24.3 Å². The number of hydrogen-bond acceptors (Lipinski definition) is 4. The summed E-state index contributed by atoms with van der Waals surface area (Å²) in [6, 6.07) is 0. The van der Waals surface area contributed by atoms with Crippen LogP contribution in [0.5, 0.6) is 0 Å². The molecule has 14 heavy (non-hydrogen) atoms. The zero-order chi connectivity index (χ0) is 10.4. The second-order valence-corrected chi connectivity index (χ2v) is 2.97. The van der Waals surface area contributed by atoms with Crippen LogP contribution in [-0.4, -0.2) is 26.7 Å². The van der Waals surface area contributed by atoms with E-state index < -0.39 is 0 Å². The van der Waals surface area contributed by atoms with E-state index in [-0.39, 0.29) is 11.0 Å². The minimum Gasteiger partial charge on any atom is -0.375 e. The monoisotopic (exact) mass is 229 g/mol. The molecule has 0 aromatic carbocycles. The highest BCUT2D eigenvalue weighted by Gasteiger charge is 2.03. The SMILES string of the molecule is NC(=S)N/N=C(/CCl)c1cnccn1. The topological polar surface area (TPSA) is 76.2 Å². The molecule has 1 aromatic heterocycles. The lowest BCUT2D eigenvalue weighted by Crippen LogP contribution is -2.26. The van der Waals surface area contributed by atoms with Gasteiger partial charge in [0.05, 0.1) is 12.1 Å². The molecule has 1 heterocycles. The first-order chi connectivity index (χ1) is 6.74. The molecule has 0 atom stereocenters. The maximum absolute atomic E-state index is 5.66. The highest BCUT2D eigenvalue weighted by molar-refractivity contribution is 7.80. The van der Waals surface area contributed by atoms with E-state index in [1.54, 1.807) is 18.6 Å². The molecule has 0 aliphatic rings. The predicted molar refractivity (Wildman–Crippen MR) is 59.2 cm³/mol. The van der Waals surface area contributed by atoms with Gasteiger partial charge < -0.3 is 5.73 Å². The molecular weight excluding hydrogens is 222 g/mol. The van der Waals surface area contributed by atoms with Gasteiger partial charge in [-0.05, 0) is 12.2 Å². The minimum absolute atomic E-state index is 0.0801. The Morgan fingerprint density at radius 2 is 2.43 bits per heavy atom. The van der Waals surface area contributed by atoms with Crippen LogP contribution in [0.4, 0.5) is 0 Å². The Labute approximate surface area is 91.4 Å². The Hall–Kier alpha value is -1.27. The van der Waals surface area contributed by atoms with Gasteiger partial charge in [0, 0.05) is 12.4 Å². The lowest BCUT2D eigenvalue weighted by atomic mass is 10.3. The van der Waals surface area contributed by atoms with Crippen LogP contribution in [0.15, 0.2) is 23.7 Å². The van der Waals surface area contributed by atoms with E-state index in [0.717, 1.165) is 0 Å². The molecule has 0 saturated carbocycles. The van der Waals surface area contributed by atoms with Crippen molar-refractivity contribution in [3.8, 4) is 0 Å². The molecule has 5 nitrogen and oxygen atoms in total. The normalized spacial score (nSPS) is 11.1. The van der Waals surface area contributed by atoms with Crippen molar-refractivity contribution in [2.24, 2.45) is 10.8 Å². The maximum atomic E-state index is 5.66. The quantitative estimate of drug-likeness (QED) is 0.336. The summed E-state index contributed by atoms with van der Waals surface area (Å²) in [6.45, 7) is 0. The molecule has 0 radical (unpaired) electrons. The van der Waals surface area contributed by atoms with Crippen molar-refractivity contribution >= 4 is 34.6 Å². The van der Waals surface area contributed by atoms with Crippen molar-refractivity contribution < 1.29 is 0 Å². The number of hydrazone groups is 1. The summed E-state index contributed by atoms with van der Waals surface area (Å²) in [5.74, 6) is 0.203. The number of nitrogens with two attached hydrogens (primary N) is 1. The van der Waals surface area contributed by atoms with Gasteiger partial charge in [0.1, 0.15) is 11.4 Å². The fraction of sp³-hybridized carbons (Fsp3) is 0.143. The molecule has 74 valence electrons. The molecule has 1 rings (SSSR count). The van der Waals surface area contributed by atoms with Gasteiger partial charge in [-0.15, -0.1) is 11.6 Å². The first-order valence-corrected chi connectivity index (χ1v) is 4.62. The number of nitrogens with zero attached hydrogens (tertiary/aromatic N) is 3. The molecule has 0 fully saturated rings. The van der Waals surface area contributed by atoms with Gasteiger partial charge in [-0.3, -0.25) is 15.4 Å². The first-order valence-electron chi connectivity index (χ1n) is 3.68. The Kier molecular flexibility index (Phi) is 4.21. The molecule has 0 bridgehead atoms. The van der Waals surface area contributed by atoms with Crippen LogP contribution >= 0.6 is 23.8 Å². The number of thiocarbonyl (C=S) groups is 1. The lowest BCUT2D eigenvalue weighted by molar-refractivity contribution is 1.02. The first kappa shape index (κ1) is 10.8. The Morgan fingerprint density at radius 3 is 2.93 bits per heavy atom. The van der Waals surface area contributed by atoms with Crippen molar-refractivity contribution in [3.63, 3.8) is 0 Å². The zero-order valence-electron chi connectivity index (χ0n) is 7.14. The second kappa shape index (κ2) is 5.46. The van der Waals surface area contributed by atoms with E-state index in [9.17, 15) is 0 Å². The minimum atomic E-state index is 0.0801. The van der Waals surface area contributed by atoms with Crippen molar-refractivity contribution in [2.75, 3.05) is 5.88 Å². The molecule has 0 aliphatic carbocycles. The summed E-state index contributed by atoms with van der Waals surface area (Å²) in [5, 5.41) is 3.96. The van der Waals surface area contributed by atoms with Gasteiger partial charge in [-0.1, -0.05) is 0 Å². The number of rotatable bonds is 3. The van der Waals surface area contributed by atoms with E-state index >= 15 is 0 Å². The highest BCUT2D eigenvalue weighted by atomic mass is 35.5. The van der Waals surface area contributed by atoms with Crippen LogP contribution in [0.2, 0.25) is 0 Å². The number of aromatic nitrogens is 2. The Bertz CT molecular complexity index is 339. The smallest absolute Gasteiger partial charge is 0.184 e. The molecule has 0 amide bonds. The molecule has 0 spiro atoms. The highest BCUT2D eigenvalue weighted by Crippen LogP contribution is 1.96. The summed E-state index contributed by atoms with van der Waals surface area (Å²) in [5.41, 5.74) is 8.77. The molecule has 7 heteroatoms. The number of halogens is 1. The molecule has 0 saturated heterocycles. The van der Waals surface area contributed by atoms with E-state index in [4.69, 9.17) is 17.3 Å². The third-order valence-electron chi connectivity index (χ3n) is 1.29. The summed E-state index contributed by atoms with van der Waals surface area (Å²) in [4.78, 5) is 7.91. The predicted octanol–water partition coefficient (Wildman–Crippen LogP) is 0.253. The van der Waals surface area contributed by atoms with Crippen LogP contribution in [0, 0.1) is 0 Å². The number of alkyl halides is 1. The van der Waals surface area contributed by atoms with E-state index in [1.807, 2.05) is 0 Å². The van der Waals surface area contributed by atoms with Gasteiger partial charge in [0.2, 0.25) is 0 Å². The van der Waals surface area contributed by atoms with Crippen molar-refractivity contribution in [1.82, 2.24) is 15.4 Å². The molecule has 3 N–H and O–H groups in total. The second-order valence-electron chi connectivity index (χ2n) is 2.26. The van der Waals surface area contributed by atoms with Gasteiger partial charge in [0.25, 0.3) is 0 Å². The van der Waals surface area contributed by atoms with Gasteiger partial charge >= 0.3 is 0 Å². The largest absolute Gasteiger partial charge is 0.375 e. The molecule has 0 unspecified atom stereocenters. The molecule has 1 aromatic rings. The summed E-state index contributed by atoms with van der Waals surface area (Å²) >= 11 is 10.3. The summed E-state index contributed by atoms with van der Waals surface area (Å²) in [6.07, 6.45) is 4.68. The number of hydrogen-bond donors (Lipinski definition) is 2. The average molecular weight is 230 g/mol. The van der Waals surface area contributed by atoms with Crippen LogP contribution < -0.4 is 11.2 Å². The lowest BCUT2D eigenvalue weighted by Gasteiger charge is -2.01. The standard InChI is InChI=1S/C7H8ClN5S/c8-3-5(12-13-7(9)14)6-4-10-1-2-11-6/h1-2,4H,3H2,(H3,9,13,14)/b12-5-. The van der Waals surface area contributed by atoms with E-state index in [1.165, 1.54) is 0 Å². The van der Waals surface area contributed by atoms with Crippen molar-refractivity contribution in [2.45, 2.75) is 0 Å². The van der Waals surface area contributed by atoms with Gasteiger partial charge in [-0.2, -0.15) is 5.10 Å². The fourth-order valence-electron chi connectivity index (χ4n) is 0.726. The van der Waals surface area contributed by atoms with Crippen LogP contribution in [-0.2, 0) is 0 Å². The average Bonchev–Trinajstić information content (AvgIpc) is 2.20. The van der Waals surface area contributed by atoms with Crippen molar-refractivity contribution in [1.29, 1.82) is 0 Å². The molecule has 0 aliphatic heterocycles. The summed E-state index contributed by atoms with van der Waals surface area (Å²) < 4.78 is 0. The fourth-order valence-corrected chi connectivity index (χ4v) is 0.969. The Balaban J connectivity index is 2.82. The van der Waals surface area contributed by atoms with Gasteiger partial charge in [0.15, 0.2) is 5.11 Å². The van der Waals surface area contributed by atoms with E-state index in [0.29, 0.717) is 11.4 Å². The maximum Gasteiger partial charge on any atom is 0.184 e. The third-order valence-corrected chi connectivity index (χ3v) is 1.63. The molecular formula is C7H8ClN5S. The van der Waals surface area contributed by atoms with Crippen LogP contribution in [0.25, 0.3) is 0 Å². The van der Waals surface area contributed by atoms with Crippen LogP contribution in [0.3, 0.4) is 0 Å². The van der Waals surface area contributed by atoms with E-state index in [2.05, 4.69) is 32.7 Å². The van der Waals surface area contributed by atoms with Crippen LogP contribution in [0.1, 0.15) is 5.69 Å². The Morgan fingerprint density at radius 1 is 1.64 bits per heavy atom. The zero-order valence-corrected chi connectivity index (χ0v) is 8.72. The third kappa shape index (κ3) is 3.23. The van der Waals surface area contributed by atoms with Gasteiger partial charge in [-0.25, -0.2) is 0 Å². The number of nitrogens with one attached hydrogen (secondary N) is 1.